The van der Waals surface area contributed by atoms with E-state index in [0.717, 1.165) is 4.31 Å². The van der Waals surface area contributed by atoms with Crippen molar-refractivity contribution >= 4 is 10.2 Å². The molecule has 0 aromatic rings. The summed E-state index contributed by atoms with van der Waals surface area (Å²) in [7, 11) is -3.75. The predicted molar refractivity (Wildman–Crippen MR) is 62.2 cm³/mol. The van der Waals surface area contributed by atoms with Gasteiger partial charge in [0, 0.05) is 26.2 Å². The molecule has 1 aliphatic rings. The maximum atomic E-state index is 12.6. The molecular formula is C10H19F3N2O2S. The molecule has 1 unspecified atom stereocenters. The minimum absolute atomic E-state index is 0.00771. The highest BCUT2D eigenvalue weighted by Crippen LogP contribution is 2.34. The smallest absolute Gasteiger partial charge is 0.195 e. The quantitative estimate of drug-likeness (QED) is 0.792. The molecular weight excluding hydrogens is 269 g/mol. The maximum Gasteiger partial charge on any atom is 0.393 e. The van der Waals surface area contributed by atoms with Gasteiger partial charge in [0.15, 0.2) is 0 Å². The summed E-state index contributed by atoms with van der Waals surface area (Å²) in [4.78, 5) is 0. The zero-order valence-electron chi connectivity index (χ0n) is 10.6. The second kappa shape index (κ2) is 5.75. The molecule has 1 fully saturated rings. The molecule has 1 aliphatic heterocycles. The van der Waals surface area contributed by atoms with Crippen LogP contribution in [0.25, 0.3) is 0 Å². The van der Waals surface area contributed by atoms with Crippen LogP contribution in [0.3, 0.4) is 0 Å². The summed E-state index contributed by atoms with van der Waals surface area (Å²) in [6, 6.07) is 0. The van der Waals surface area contributed by atoms with E-state index in [1.807, 2.05) is 0 Å². The number of hydrogen-bond donors (Lipinski definition) is 0. The Bertz CT molecular complexity index is 366. The van der Waals surface area contributed by atoms with Gasteiger partial charge in [-0.25, -0.2) is 0 Å². The lowest BCUT2D eigenvalue weighted by Crippen LogP contribution is -2.50. The van der Waals surface area contributed by atoms with Crippen molar-refractivity contribution in [3.63, 3.8) is 0 Å². The van der Waals surface area contributed by atoms with Crippen molar-refractivity contribution in [3.05, 3.63) is 0 Å². The first-order chi connectivity index (χ1) is 8.23. The van der Waals surface area contributed by atoms with Crippen LogP contribution in [0.1, 0.15) is 26.7 Å². The lowest BCUT2D eigenvalue weighted by molar-refractivity contribution is -0.182. The Morgan fingerprint density at radius 1 is 1.28 bits per heavy atom. The van der Waals surface area contributed by atoms with E-state index in [0.29, 0.717) is 0 Å². The van der Waals surface area contributed by atoms with Crippen molar-refractivity contribution in [1.82, 2.24) is 8.61 Å². The molecule has 108 valence electrons. The summed E-state index contributed by atoms with van der Waals surface area (Å²) in [5.74, 6) is -1.54. The Morgan fingerprint density at radius 2 is 1.83 bits per heavy atom. The fourth-order valence-corrected chi connectivity index (χ4v) is 3.84. The summed E-state index contributed by atoms with van der Waals surface area (Å²) in [5.41, 5.74) is 0. The van der Waals surface area contributed by atoms with E-state index in [4.69, 9.17) is 0 Å². The lowest BCUT2D eigenvalue weighted by Gasteiger charge is -2.35. The van der Waals surface area contributed by atoms with Crippen LogP contribution in [0.2, 0.25) is 0 Å². The second-order valence-corrected chi connectivity index (χ2v) is 6.26. The van der Waals surface area contributed by atoms with Crippen LogP contribution in [-0.2, 0) is 10.2 Å². The molecule has 1 heterocycles. The van der Waals surface area contributed by atoms with Gasteiger partial charge in [0.25, 0.3) is 10.2 Å². The van der Waals surface area contributed by atoms with Crippen molar-refractivity contribution in [1.29, 1.82) is 0 Å². The van der Waals surface area contributed by atoms with Gasteiger partial charge in [0.1, 0.15) is 0 Å². The molecule has 0 amide bonds. The number of alkyl halides is 3. The van der Waals surface area contributed by atoms with Crippen molar-refractivity contribution < 1.29 is 21.6 Å². The molecule has 0 aromatic heterocycles. The van der Waals surface area contributed by atoms with E-state index < -0.39 is 28.8 Å². The van der Waals surface area contributed by atoms with Gasteiger partial charge < -0.3 is 0 Å². The van der Waals surface area contributed by atoms with Crippen LogP contribution >= 0.6 is 0 Å². The summed E-state index contributed by atoms with van der Waals surface area (Å²) in [6.45, 7) is 3.60. The highest BCUT2D eigenvalue weighted by atomic mass is 32.2. The second-order valence-electron chi connectivity index (χ2n) is 4.33. The van der Waals surface area contributed by atoms with Gasteiger partial charge in [0.05, 0.1) is 5.92 Å². The molecule has 0 bridgehead atoms. The van der Waals surface area contributed by atoms with Gasteiger partial charge in [-0.15, -0.1) is 0 Å². The molecule has 1 rings (SSSR count). The Balaban J connectivity index is 2.84. The predicted octanol–water partition coefficient (Wildman–Crippen LogP) is 1.85. The highest BCUT2D eigenvalue weighted by Gasteiger charge is 2.44. The monoisotopic (exact) mass is 288 g/mol. The number of rotatable bonds is 4. The first-order valence-corrected chi connectivity index (χ1v) is 7.45. The van der Waals surface area contributed by atoms with Crippen LogP contribution in [0.15, 0.2) is 0 Å². The van der Waals surface area contributed by atoms with Gasteiger partial charge in [-0.1, -0.05) is 13.8 Å². The van der Waals surface area contributed by atoms with Crippen LogP contribution in [0.5, 0.6) is 0 Å². The third kappa shape index (κ3) is 3.36. The molecule has 0 radical (unpaired) electrons. The third-order valence-electron chi connectivity index (χ3n) is 3.21. The molecule has 1 saturated heterocycles. The van der Waals surface area contributed by atoms with Gasteiger partial charge in [-0.2, -0.15) is 30.2 Å². The van der Waals surface area contributed by atoms with Crippen molar-refractivity contribution in [2.24, 2.45) is 5.92 Å². The van der Waals surface area contributed by atoms with Gasteiger partial charge in [-0.3, -0.25) is 0 Å². The standard InChI is InChI=1S/C10H19F3N2O2S/c1-3-14(4-2)18(16,17)15-7-5-6-9(8-15)10(11,12)13/h9H,3-8H2,1-2H3. The van der Waals surface area contributed by atoms with Crippen molar-refractivity contribution in [2.45, 2.75) is 32.9 Å². The summed E-state index contributed by atoms with van der Waals surface area (Å²) in [5, 5.41) is 0. The molecule has 0 aromatic carbocycles. The van der Waals surface area contributed by atoms with E-state index in [9.17, 15) is 21.6 Å². The molecule has 0 N–H and O–H groups in total. The zero-order valence-corrected chi connectivity index (χ0v) is 11.4. The number of halogens is 3. The summed E-state index contributed by atoms with van der Waals surface area (Å²) >= 11 is 0. The zero-order chi connectivity index (χ0) is 14.0. The molecule has 18 heavy (non-hydrogen) atoms. The van der Waals surface area contributed by atoms with Crippen LogP contribution in [-0.4, -0.2) is 49.4 Å². The molecule has 0 aliphatic carbocycles. The largest absolute Gasteiger partial charge is 0.393 e. The van der Waals surface area contributed by atoms with Crippen LogP contribution in [0, 0.1) is 5.92 Å². The highest BCUT2D eigenvalue weighted by molar-refractivity contribution is 7.86. The summed E-state index contributed by atoms with van der Waals surface area (Å²) in [6.07, 6.45) is -4.06. The van der Waals surface area contributed by atoms with Gasteiger partial charge in [-0.05, 0) is 12.8 Å². The molecule has 8 heteroatoms. The lowest BCUT2D eigenvalue weighted by atomic mass is 9.99. The fourth-order valence-electron chi connectivity index (χ4n) is 2.13. The maximum absolute atomic E-state index is 12.6. The van der Waals surface area contributed by atoms with E-state index >= 15 is 0 Å². The topological polar surface area (TPSA) is 40.6 Å². The summed E-state index contributed by atoms with van der Waals surface area (Å²) < 4.78 is 64.3. The molecule has 1 atom stereocenters. The first kappa shape index (κ1) is 15.7. The van der Waals surface area contributed by atoms with E-state index in [1.165, 1.54) is 4.31 Å². The first-order valence-electron chi connectivity index (χ1n) is 6.05. The average molecular weight is 288 g/mol. The fraction of sp³-hybridized carbons (Fsp3) is 1.00. The van der Waals surface area contributed by atoms with Crippen LogP contribution < -0.4 is 0 Å². The number of nitrogens with zero attached hydrogens (tertiary/aromatic N) is 2. The van der Waals surface area contributed by atoms with E-state index in [-0.39, 0.29) is 32.5 Å². The van der Waals surface area contributed by atoms with Gasteiger partial charge >= 0.3 is 6.18 Å². The Morgan fingerprint density at radius 3 is 2.28 bits per heavy atom. The third-order valence-corrected chi connectivity index (χ3v) is 5.36. The van der Waals surface area contributed by atoms with Crippen LogP contribution in [0.4, 0.5) is 13.2 Å². The Labute approximate surface area is 106 Å². The van der Waals surface area contributed by atoms with Gasteiger partial charge in [0.2, 0.25) is 0 Å². The Kier molecular flexibility index (Phi) is 5.02. The minimum atomic E-state index is -4.32. The Hall–Kier alpha value is -0.340. The molecule has 0 saturated carbocycles. The van der Waals surface area contributed by atoms with Crippen molar-refractivity contribution in [3.8, 4) is 0 Å². The number of hydrogen-bond acceptors (Lipinski definition) is 2. The van der Waals surface area contributed by atoms with Crippen molar-refractivity contribution in [2.75, 3.05) is 26.2 Å². The normalized spacial score (nSPS) is 23.6. The van der Waals surface area contributed by atoms with E-state index in [2.05, 4.69) is 0 Å². The molecule has 4 nitrogen and oxygen atoms in total. The van der Waals surface area contributed by atoms with E-state index in [1.54, 1.807) is 13.8 Å². The molecule has 0 spiro atoms. The minimum Gasteiger partial charge on any atom is -0.195 e. The SMILES string of the molecule is CCN(CC)S(=O)(=O)N1CCCC(C(F)(F)F)C1. The average Bonchev–Trinajstić information content (AvgIpc) is 2.29. The number of piperidine rings is 1.